The second-order valence-corrected chi connectivity index (χ2v) is 4.38. The molecule has 0 aliphatic carbocycles. The van der Waals surface area contributed by atoms with Gasteiger partial charge in [-0.3, -0.25) is 4.57 Å². The van der Waals surface area contributed by atoms with Crippen molar-refractivity contribution in [2.45, 2.75) is 6.92 Å². The molecule has 1 N–H and O–H groups in total. The third-order valence-electron chi connectivity index (χ3n) is 2.66. The Balaban J connectivity index is 2.22. The average molecular weight is 266 g/mol. The molecule has 96 valence electrons. The molecule has 18 heavy (non-hydrogen) atoms. The standard InChI is InChI=1S/C13H16ClN3O/c1-10-3-4-11(9-12(10)14)17-7-5-15-13(17)16-6-8-18-2/h3-5,7,9H,6,8H2,1-2H3,(H,15,16). The summed E-state index contributed by atoms with van der Waals surface area (Å²) in [6.45, 7) is 3.34. The summed E-state index contributed by atoms with van der Waals surface area (Å²) in [4.78, 5) is 4.27. The minimum atomic E-state index is 0.640. The molecule has 2 aromatic rings. The molecule has 0 atom stereocenters. The Kier molecular flexibility index (Phi) is 4.23. The Morgan fingerprint density at radius 2 is 2.28 bits per heavy atom. The molecule has 1 aromatic carbocycles. The van der Waals surface area contributed by atoms with Gasteiger partial charge in [0, 0.05) is 36.8 Å². The molecule has 0 saturated heterocycles. The van der Waals surface area contributed by atoms with Crippen LogP contribution in [0.4, 0.5) is 5.95 Å². The fourth-order valence-electron chi connectivity index (χ4n) is 1.64. The highest BCUT2D eigenvalue weighted by Crippen LogP contribution is 2.21. The van der Waals surface area contributed by atoms with Crippen molar-refractivity contribution in [1.82, 2.24) is 9.55 Å². The lowest BCUT2D eigenvalue weighted by Gasteiger charge is -2.10. The van der Waals surface area contributed by atoms with Crippen molar-refractivity contribution < 1.29 is 4.74 Å². The molecule has 1 heterocycles. The predicted molar refractivity (Wildman–Crippen MR) is 73.7 cm³/mol. The molecule has 2 rings (SSSR count). The van der Waals surface area contributed by atoms with Crippen LogP contribution in [0.15, 0.2) is 30.6 Å². The van der Waals surface area contributed by atoms with Crippen molar-refractivity contribution in [3.05, 3.63) is 41.2 Å². The Morgan fingerprint density at radius 1 is 1.44 bits per heavy atom. The lowest BCUT2D eigenvalue weighted by molar-refractivity contribution is 0.210. The highest BCUT2D eigenvalue weighted by Gasteiger charge is 2.05. The van der Waals surface area contributed by atoms with E-state index in [2.05, 4.69) is 10.3 Å². The van der Waals surface area contributed by atoms with Gasteiger partial charge in [-0.25, -0.2) is 4.98 Å². The number of aromatic nitrogens is 2. The fourth-order valence-corrected chi connectivity index (χ4v) is 1.81. The van der Waals surface area contributed by atoms with Crippen LogP contribution in [0, 0.1) is 6.92 Å². The summed E-state index contributed by atoms with van der Waals surface area (Å²) < 4.78 is 6.96. The van der Waals surface area contributed by atoms with Crippen LogP contribution in [0.3, 0.4) is 0 Å². The highest BCUT2D eigenvalue weighted by atomic mass is 35.5. The maximum atomic E-state index is 6.14. The fraction of sp³-hybridized carbons (Fsp3) is 0.308. The highest BCUT2D eigenvalue weighted by molar-refractivity contribution is 6.31. The Hall–Kier alpha value is -1.52. The largest absolute Gasteiger partial charge is 0.383 e. The number of aryl methyl sites for hydroxylation is 1. The molecule has 4 nitrogen and oxygen atoms in total. The van der Waals surface area contributed by atoms with Crippen LogP contribution in [0.25, 0.3) is 5.69 Å². The summed E-state index contributed by atoms with van der Waals surface area (Å²) in [5.41, 5.74) is 2.05. The normalized spacial score (nSPS) is 10.6. The number of nitrogens with one attached hydrogen (secondary N) is 1. The smallest absolute Gasteiger partial charge is 0.207 e. The summed E-state index contributed by atoms with van der Waals surface area (Å²) in [6, 6.07) is 5.95. The van der Waals surface area contributed by atoms with Crippen molar-refractivity contribution in [2.75, 3.05) is 25.6 Å². The van der Waals surface area contributed by atoms with Crippen LogP contribution in [-0.4, -0.2) is 29.8 Å². The van der Waals surface area contributed by atoms with E-state index in [-0.39, 0.29) is 0 Å². The van der Waals surface area contributed by atoms with Crippen molar-refractivity contribution in [3.8, 4) is 5.69 Å². The quantitative estimate of drug-likeness (QED) is 0.845. The zero-order valence-corrected chi connectivity index (χ0v) is 11.2. The van der Waals surface area contributed by atoms with Crippen molar-refractivity contribution in [1.29, 1.82) is 0 Å². The van der Waals surface area contributed by atoms with Gasteiger partial charge in [-0.05, 0) is 24.6 Å². The van der Waals surface area contributed by atoms with Crippen LogP contribution >= 0.6 is 11.6 Å². The second-order valence-electron chi connectivity index (χ2n) is 3.97. The Bertz CT molecular complexity index is 525. The first-order chi connectivity index (χ1) is 8.72. The monoisotopic (exact) mass is 265 g/mol. The van der Waals surface area contributed by atoms with E-state index in [1.54, 1.807) is 13.3 Å². The molecule has 0 amide bonds. The summed E-state index contributed by atoms with van der Waals surface area (Å²) in [5, 5.41) is 3.96. The third-order valence-corrected chi connectivity index (χ3v) is 3.07. The SMILES string of the molecule is COCCNc1nccn1-c1ccc(C)c(Cl)c1. The van der Waals surface area contributed by atoms with E-state index in [0.29, 0.717) is 13.2 Å². The van der Waals surface area contributed by atoms with Crippen LogP contribution in [0.2, 0.25) is 5.02 Å². The van der Waals surface area contributed by atoms with Crippen molar-refractivity contribution in [3.63, 3.8) is 0 Å². The van der Waals surface area contributed by atoms with Crippen LogP contribution in [0.1, 0.15) is 5.56 Å². The first kappa shape index (κ1) is 12.9. The molecule has 0 bridgehead atoms. The summed E-state index contributed by atoms with van der Waals surface area (Å²) in [6.07, 6.45) is 3.65. The minimum absolute atomic E-state index is 0.640. The van der Waals surface area contributed by atoms with Gasteiger partial charge in [0.25, 0.3) is 0 Å². The molecule has 0 aliphatic heterocycles. The van der Waals surface area contributed by atoms with Gasteiger partial charge in [-0.2, -0.15) is 0 Å². The molecule has 1 aromatic heterocycles. The van der Waals surface area contributed by atoms with Crippen molar-refractivity contribution >= 4 is 17.5 Å². The van der Waals surface area contributed by atoms with E-state index < -0.39 is 0 Å². The van der Waals surface area contributed by atoms with Gasteiger partial charge in [0.2, 0.25) is 5.95 Å². The maximum Gasteiger partial charge on any atom is 0.207 e. The third kappa shape index (κ3) is 2.83. The van der Waals surface area contributed by atoms with Gasteiger partial charge in [0.15, 0.2) is 0 Å². The number of methoxy groups -OCH3 is 1. The molecule has 0 fully saturated rings. The van der Waals surface area contributed by atoms with E-state index in [9.17, 15) is 0 Å². The van der Waals surface area contributed by atoms with Gasteiger partial charge in [-0.1, -0.05) is 17.7 Å². The lowest BCUT2D eigenvalue weighted by atomic mass is 10.2. The zero-order valence-electron chi connectivity index (χ0n) is 10.5. The van der Waals surface area contributed by atoms with Crippen LogP contribution in [0.5, 0.6) is 0 Å². The molecule has 0 aliphatic rings. The molecule has 0 radical (unpaired) electrons. The minimum Gasteiger partial charge on any atom is -0.383 e. The van der Waals surface area contributed by atoms with Crippen LogP contribution in [-0.2, 0) is 4.74 Å². The van der Waals surface area contributed by atoms with Gasteiger partial charge in [0.05, 0.1) is 6.61 Å². The number of nitrogens with zero attached hydrogens (tertiary/aromatic N) is 2. The van der Waals surface area contributed by atoms with E-state index in [1.807, 2.05) is 35.9 Å². The number of hydrogen-bond acceptors (Lipinski definition) is 3. The first-order valence-electron chi connectivity index (χ1n) is 5.75. The van der Waals surface area contributed by atoms with Gasteiger partial charge in [0.1, 0.15) is 0 Å². The molecule has 5 heteroatoms. The number of halogens is 1. The average Bonchev–Trinajstić information content (AvgIpc) is 2.81. The van der Waals surface area contributed by atoms with E-state index >= 15 is 0 Å². The number of imidazole rings is 1. The number of ether oxygens (including phenoxy) is 1. The lowest BCUT2D eigenvalue weighted by Crippen LogP contribution is -2.11. The molecule has 0 unspecified atom stereocenters. The van der Waals surface area contributed by atoms with Gasteiger partial charge < -0.3 is 10.1 Å². The number of anilines is 1. The molecular formula is C13H16ClN3O. The number of rotatable bonds is 5. The van der Waals surface area contributed by atoms with E-state index in [0.717, 1.165) is 22.2 Å². The van der Waals surface area contributed by atoms with E-state index in [4.69, 9.17) is 16.3 Å². The molecular weight excluding hydrogens is 250 g/mol. The number of benzene rings is 1. The first-order valence-corrected chi connectivity index (χ1v) is 6.13. The van der Waals surface area contributed by atoms with Gasteiger partial charge in [-0.15, -0.1) is 0 Å². The zero-order chi connectivity index (χ0) is 13.0. The second kappa shape index (κ2) is 5.89. The van der Waals surface area contributed by atoms with Crippen molar-refractivity contribution in [2.24, 2.45) is 0 Å². The predicted octanol–water partition coefficient (Wildman–Crippen LogP) is 2.89. The summed E-state index contributed by atoms with van der Waals surface area (Å²) >= 11 is 6.14. The molecule has 0 saturated carbocycles. The topological polar surface area (TPSA) is 39.1 Å². The van der Waals surface area contributed by atoms with Crippen LogP contribution < -0.4 is 5.32 Å². The maximum absolute atomic E-state index is 6.14. The Morgan fingerprint density at radius 3 is 3.00 bits per heavy atom. The summed E-state index contributed by atoms with van der Waals surface area (Å²) in [7, 11) is 1.67. The Labute approximate surface area is 112 Å². The molecule has 0 spiro atoms. The number of hydrogen-bond donors (Lipinski definition) is 1. The summed E-state index contributed by atoms with van der Waals surface area (Å²) in [5.74, 6) is 0.784. The van der Waals surface area contributed by atoms with Gasteiger partial charge >= 0.3 is 0 Å². The van der Waals surface area contributed by atoms with E-state index in [1.165, 1.54) is 0 Å².